The van der Waals surface area contributed by atoms with Crippen molar-refractivity contribution in [1.82, 2.24) is 4.90 Å². The lowest BCUT2D eigenvalue weighted by Crippen LogP contribution is -2.28. The van der Waals surface area contributed by atoms with E-state index in [1.165, 1.54) is 31.0 Å². The van der Waals surface area contributed by atoms with Gasteiger partial charge in [0.25, 0.3) is 0 Å². The molecule has 0 saturated carbocycles. The minimum atomic E-state index is 0.572. The Kier molecular flexibility index (Phi) is 6.54. The third kappa shape index (κ3) is 5.43. The number of ether oxygens (including phenoxy) is 1. The van der Waals surface area contributed by atoms with Gasteiger partial charge in [-0.25, -0.2) is 0 Å². The van der Waals surface area contributed by atoms with Gasteiger partial charge in [0.05, 0.1) is 6.61 Å². The first-order valence-electron chi connectivity index (χ1n) is 7.10. The number of rotatable bonds is 6. The van der Waals surface area contributed by atoms with E-state index in [-0.39, 0.29) is 0 Å². The van der Waals surface area contributed by atoms with Crippen molar-refractivity contribution in [2.45, 2.75) is 19.4 Å². The van der Waals surface area contributed by atoms with E-state index in [1.54, 1.807) is 0 Å². The van der Waals surface area contributed by atoms with Crippen molar-refractivity contribution in [2.75, 3.05) is 37.7 Å². The summed E-state index contributed by atoms with van der Waals surface area (Å²) in [6.07, 6.45) is 2.42. The van der Waals surface area contributed by atoms with E-state index in [0.29, 0.717) is 6.54 Å². The summed E-state index contributed by atoms with van der Waals surface area (Å²) in [5.74, 6) is 3.53. The van der Waals surface area contributed by atoms with Gasteiger partial charge in [-0.15, -0.1) is 0 Å². The number of thioether (sulfide) groups is 1. The van der Waals surface area contributed by atoms with Crippen molar-refractivity contribution in [3.05, 3.63) is 29.8 Å². The van der Waals surface area contributed by atoms with Crippen molar-refractivity contribution >= 4 is 11.8 Å². The van der Waals surface area contributed by atoms with Gasteiger partial charge in [-0.05, 0) is 42.8 Å². The molecule has 2 rings (SSSR count). The van der Waals surface area contributed by atoms with Crippen molar-refractivity contribution in [1.29, 1.82) is 0 Å². The highest BCUT2D eigenvalue weighted by molar-refractivity contribution is 7.99. The van der Waals surface area contributed by atoms with Crippen molar-refractivity contribution in [3.8, 4) is 5.75 Å². The van der Waals surface area contributed by atoms with E-state index in [9.17, 15) is 0 Å². The average molecular weight is 280 g/mol. The molecular weight excluding hydrogens is 256 g/mol. The molecule has 0 bridgehead atoms. The van der Waals surface area contributed by atoms with Gasteiger partial charge in [0.2, 0.25) is 0 Å². The first-order valence-corrected chi connectivity index (χ1v) is 8.26. The highest BCUT2D eigenvalue weighted by Gasteiger charge is 2.08. The monoisotopic (exact) mass is 280 g/mol. The number of hydrogen-bond donors (Lipinski definition) is 1. The van der Waals surface area contributed by atoms with Gasteiger partial charge < -0.3 is 15.4 Å². The van der Waals surface area contributed by atoms with Crippen LogP contribution in [0.5, 0.6) is 5.75 Å². The number of nitrogens with two attached hydrogens (primary N) is 1. The fourth-order valence-electron chi connectivity index (χ4n) is 2.26. The summed E-state index contributed by atoms with van der Waals surface area (Å²) in [6, 6.07) is 8.07. The minimum Gasteiger partial charge on any atom is -0.494 e. The normalized spacial score (nSPS) is 17.1. The molecular formula is C15H24N2OS. The van der Waals surface area contributed by atoms with Gasteiger partial charge in [0, 0.05) is 25.4 Å². The van der Waals surface area contributed by atoms with Gasteiger partial charge >= 0.3 is 0 Å². The molecule has 1 fully saturated rings. The van der Waals surface area contributed by atoms with E-state index in [0.717, 1.165) is 30.9 Å². The second-order valence-electron chi connectivity index (χ2n) is 4.86. The molecule has 0 unspecified atom stereocenters. The van der Waals surface area contributed by atoms with Crippen LogP contribution in [0.3, 0.4) is 0 Å². The van der Waals surface area contributed by atoms with E-state index in [1.807, 2.05) is 24.3 Å². The van der Waals surface area contributed by atoms with Crippen LogP contribution < -0.4 is 10.5 Å². The summed E-state index contributed by atoms with van der Waals surface area (Å²) in [5, 5.41) is 0. The second-order valence-corrected chi connectivity index (χ2v) is 6.09. The Morgan fingerprint density at radius 2 is 2.21 bits per heavy atom. The molecule has 106 valence electrons. The van der Waals surface area contributed by atoms with E-state index in [4.69, 9.17) is 10.5 Å². The summed E-state index contributed by atoms with van der Waals surface area (Å²) < 4.78 is 5.78. The lowest BCUT2D eigenvalue weighted by Gasteiger charge is -2.19. The number of benzene rings is 1. The fourth-order valence-corrected chi connectivity index (χ4v) is 3.19. The molecule has 2 N–H and O–H groups in total. The van der Waals surface area contributed by atoms with E-state index in [2.05, 4.69) is 16.7 Å². The Morgan fingerprint density at radius 1 is 1.26 bits per heavy atom. The zero-order valence-electron chi connectivity index (χ0n) is 11.5. The maximum absolute atomic E-state index is 5.78. The van der Waals surface area contributed by atoms with Crippen LogP contribution in [0.4, 0.5) is 0 Å². The van der Waals surface area contributed by atoms with Crippen LogP contribution in [0, 0.1) is 0 Å². The van der Waals surface area contributed by atoms with Gasteiger partial charge in [-0.2, -0.15) is 11.8 Å². The van der Waals surface area contributed by atoms with Crippen molar-refractivity contribution in [2.24, 2.45) is 5.73 Å². The zero-order chi connectivity index (χ0) is 13.3. The Morgan fingerprint density at radius 3 is 3.11 bits per heavy atom. The smallest absolute Gasteiger partial charge is 0.119 e. The Bertz CT molecular complexity index is 365. The molecule has 19 heavy (non-hydrogen) atoms. The van der Waals surface area contributed by atoms with Crippen LogP contribution in [0.25, 0.3) is 0 Å². The Hall–Kier alpha value is -0.710. The summed E-state index contributed by atoms with van der Waals surface area (Å²) in [4.78, 5) is 2.56. The molecule has 1 aromatic rings. The topological polar surface area (TPSA) is 38.5 Å². The summed E-state index contributed by atoms with van der Waals surface area (Å²) in [6.45, 7) is 4.99. The lowest BCUT2D eigenvalue weighted by molar-refractivity contribution is 0.245. The van der Waals surface area contributed by atoms with Crippen LogP contribution >= 0.6 is 11.8 Å². The van der Waals surface area contributed by atoms with Crippen LogP contribution in [0.15, 0.2) is 24.3 Å². The third-order valence-electron chi connectivity index (χ3n) is 3.34. The zero-order valence-corrected chi connectivity index (χ0v) is 12.3. The van der Waals surface area contributed by atoms with Crippen LogP contribution in [0.1, 0.15) is 18.4 Å². The first kappa shape index (κ1) is 14.7. The summed E-state index contributed by atoms with van der Waals surface area (Å²) in [5.41, 5.74) is 6.75. The Balaban J connectivity index is 1.65. The SMILES string of the molecule is NCc1cccc(OCCCN2CCCSCC2)c1. The average Bonchev–Trinajstić information content (AvgIpc) is 2.72. The van der Waals surface area contributed by atoms with Crippen LogP contribution in [0.2, 0.25) is 0 Å². The van der Waals surface area contributed by atoms with Crippen molar-refractivity contribution < 1.29 is 4.74 Å². The molecule has 4 heteroatoms. The predicted octanol–water partition coefficient (Wildman–Crippen LogP) is 2.35. The third-order valence-corrected chi connectivity index (χ3v) is 4.39. The highest BCUT2D eigenvalue weighted by atomic mass is 32.2. The molecule has 0 radical (unpaired) electrons. The molecule has 0 aromatic heterocycles. The first-order chi connectivity index (χ1) is 9.38. The molecule has 0 atom stereocenters. The van der Waals surface area contributed by atoms with E-state index < -0.39 is 0 Å². The van der Waals surface area contributed by atoms with Gasteiger partial charge in [-0.3, -0.25) is 0 Å². The van der Waals surface area contributed by atoms with Crippen molar-refractivity contribution in [3.63, 3.8) is 0 Å². The van der Waals surface area contributed by atoms with Gasteiger partial charge in [0.1, 0.15) is 5.75 Å². The molecule has 3 nitrogen and oxygen atoms in total. The maximum atomic E-state index is 5.78. The molecule has 1 aliphatic rings. The number of hydrogen-bond acceptors (Lipinski definition) is 4. The fraction of sp³-hybridized carbons (Fsp3) is 0.600. The summed E-state index contributed by atoms with van der Waals surface area (Å²) in [7, 11) is 0. The molecule has 1 aromatic carbocycles. The molecule has 0 spiro atoms. The molecule has 1 aliphatic heterocycles. The molecule has 0 aliphatic carbocycles. The molecule has 1 saturated heterocycles. The largest absolute Gasteiger partial charge is 0.494 e. The summed E-state index contributed by atoms with van der Waals surface area (Å²) >= 11 is 2.07. The van der Waals surface area contributed by atoms with Gasteiger partial charge in [0.15, 0.2) is 0 Å². The Labute approximate surface area is 120 Å². The highest BCUT2D eigenvalue weighted by Crippen LogP contribution is 2.14. The maximum Gasteiger partial charge on any atom is 0.119 e. The van der Waals surface area contributed by atoms with E-state index >= 15 is 0 Å². The minimum absolute atomic E-state index is 0.572. The lowest BCUT2D eigenvalue weighted by atomic mass is 10.2. The molecule has 1 heterocycles. The molecule has 0 amide bonds. The number of nitrogens with zero attached hydrogens (tertiary/aromatic N) is 1. The second kappa shape index (κ2) is 8.46. The standard InChI is InChI=1S/C15H24N2OS/c16-13-14-4-1-5-15(12-14)18-9-2-6-17-7-3-10-19-11-8-17/h1,4-5,12H,2-3,6-11,13,16H2. The van der Waals surface area contributed by atoms with Gasteiger partial charge in [-0.1, -0.05) is 12.1 Å². The van der Waals surface area contributed by atoms with Crippen LogP contribution in [-0.4, -0.2) is 42.6 Å². The predicted molar refractivity (Wildman–Crippen MR) is 82.8 cm³/mol. The quantitative estimate of drug-likeness (QED) is 0.812. The van der Waals surface area contributed by atoms with Crippen LogP contribution in [-0.2, 0) is 6.54 Å².